The van der Waals surface area contributed by atoms with Crippen LogP contribution in [-0.4, -0.2) is 37.1 Å². The predicted octanol–water partition coefficient (Wildman–Crippen LogP) is 2.61. The molecule has 0 aromatic heterocycles. The molecule has 0 saturated carbocycles. The van der Waals surface area contributed by atoms with E-state index in [1.54, 1.807) is 0 Å². The number of benzene rings is 1. The molecule has 18 heavy (non-hydrogen) atoms. The summed E-state index contributed by atoms with van der Waals surface area (Å²) in [4.78, 5) is 2.42. The Hall–Kier alpha value is -0.860. The predicted molar refractivity (Wildman–Crippen MR) is 78.0 cm³/mol. The van der Waals surface area contributed by atoms with Gasteiger partial charge in [-0.05, 0) is 64.4 Å². The van der Waals surface area contributed by atoms with Gasteiger partial charge in [0.05, 0.1) is 0 Å². The fourth-order valence-corrected chi connectivity index (χ4v) is 2.81. The largest absolute Gasteiger partial charge is 0.311 e. The van der Waals surface area contributed by atoms with Gasteiger partial charge in [-0.25, -0.2) is 0 Å². The van der Waals surface area contributed by atoms with E-state index in [1.165, 1.54) is 37.1 Å². The molecule has 0 bridgehead atoms. The minimum Gasteiger partial charge on any atom is -0.311 e. The Morgan fingerprint density at radius 2 is 1.94 bits per heavy atom. The number of nitrogens with one attached hydrogen (secondary N) is 1. The molecule has 2 heteroatoms. The molecule has 2 rings (SSSR count). The maximum Gasteiger partial charge on any atom is 0.00940 e. The highest BCUT2D eigenvalue weighted by Gasteiger charge is 2.18. The summed E-state index contributed by atoms with van der Waals surface area (Å²) < 4.78 is 0. The van der Waals surface area contributed by atoms with Gasteiger partial charge in [0.1, 0.15) is 0 Å². The number of likely N-dealkylation sites (tertiary alicyclic amines) is 1. The second-order valence-electron chi connectivity index (χ2n) is 5.78. The Bertz CT molecular complexity index is 367. The smallest absolute Gasteiger partial charge is 0.00940 e. The lowest BCUT2D eigenvalue weighted by molar-refractivity contribution is 0.226. The second-order valence-corrected chi connectivity index (χ2v) is 5.78. The molecule has 1 aliphatic rings. The first-order chi connectivity index (χ1) is 8.65. The molecule has 1 fully saturated rings. The van der Waals surface area contributed by atoms with E-state index >= 15 is 0 Å². The van der Waals surface area contributed by atoms with Crippen molar-refractivity contribution in [2.45, 2.75) is 45.2 Å². The van der Waals surface area contributed by atoms with Crippen LogP contribution in [0.4, 0.5) is 0 Å². The summed E-state index contributed by atoms with van der Waals surface area (Å²) in [6.07, 6.45) is 3.71. The van der Waals surface area contributed by atoms with Crippen LogP contribution in [0.3, 0.4) is 0 Å². The Kier molecular flexibility index (Phi) is 4.79. The van der Waals surface area contributed by atoms with E-state index in [0.29, 0.717) is 12.1 Å². The summed E-state index contributed by atoms with van der Waals surface area (Å²) in [5, 5.41) is 3.79. The van der Waals surface area contributed by atoms with Crippen molar-refractivity contribution in [3.05, 3.63) is 35.4 Å². The summed E-state index contributed by atoms with van der Waals surface area (Å²) in [5.74, 6) is 0. The van der Waals surface area contributed by atoms with Crippen LogP contribution >= 0.6 is 0 Å². The normalized spacial score (nSPS) is 19.9. The fourth-order valence-electron chi connectivity index (χ4n) is 2.81. The standard InChI is InChI=1S/C16H26N2/c1-13-6-4-5-7-15(13)12-14(2)17-16-8-10-18(3)11-9-16/h4-7,14,16-17H,8-12H2,1-3H3. The van der Waals surface area contributed by atoms with Gasteiger partial charge >= 0.3 is 0 Å². The molecule has 0 radical (unpaired) electrons. The van der Waals surface area contributed by atoms with Gasteiger partial charge in [0.2, 0.25) is 0 Å². The molecule has 2 nitrogen and oxygen atoms in total. The van der Waals surface area contributed by atoms with Crippen LogP contribution in [0, 0.1) is 6.92 Å². The molecule has 1 heterocycles. The number of hydrogen-bond acceptors (Lipinski definition) is 2. The minimum atomic E-state index is 0.569. The Labute approximate surface area is 111 Å². The Morgan fingerprint density at radius 1 is 1.28 bits per heavy atom. The van der Waals surface area contributed by atoms with E-state index < -0.39 is 0 Å². The maximum atomic E-state index is 3.79. The molecule has 0 aliphatic carbocycles. The lowest BCUT2D eigenvalue weighted by Crippen LogP contribution is -2.44. The third kappa shape index (κ3) is 3.82. The third-order valence-corrected chi connectivity index (χ3v) is 4.03. The van der Waals surface area contributed by atoms with Crippen LogP contribution in [0.5, 0.6) is 0 Å². The lowest BCUT2D eigenvalue weighted by atomic mass is 9.99. The molecule has 0 amide bonds. The summed E-state index contributed by atoms with van der Waals surface area (Å²) in [6.45, 7) is 6.98. The average molecular weight is 246 g/mol. The summed E-state index contributed by atoms with van der Waals surface area (Å²) in [6, 6.07) is 10.00. The van der Waals surface area contributed by atoms with Crippen molar-refractivity contribution >= 4 is 0 Å². The first-order valence-electron chi connectivity index (χ1n) is 7.14. The van der Waals surface area contributed by atoms with Crippen molar-refractivity contribution < 1.29 is 0 Å². The minimum absolute atomic E-state index is 0.569. The monoisotopic (exact) mass is 246 g/mol. The first-order valence-corrected chi connectivity index (χ1v) is 7.14. The highest BCUT2D eigenvalue weighted by atomic mass is 15.1. The Balaban J connectivity index is 1.82. The van der Waals surface area contributed by atoms with E-state index in [-0.39, 0.29) is 0 Å². The van der Waals surface area contributed by atoms with E-state index in [2.05, 4.69) is 55.4 Å². The molecule has 1 saturated heterocycles. The van der Waals surface area contributed by atoms with Crippen molar-refractivity contribution in [1.29, 1.82) is 0 Å². The average Bonchev–Trinajstić information content (AvgIpc) is 2.35. The number of nitrogens with zero attached hydrogens (tertiary/aromatic N) is 1. The van der Waals surface area contributed by atoms with Crippen LogP contribution in [0.1, 0.15) is 30.9 Å². The van der Waals surface area contributed by atoms with Crippen molar-refractivity contribution in [2.75, 3.05) is 20.1 Å². The van der Waals surface area contributed by atoms with Gasteiger partial charge in [-0.2, -0.15) is 0 Å². The van der Waals surface area contributed by atoms with E-state index in [1.807, 2.05) is 0 Å². The Morgan fingerprint density at radius 3 is 2.61 bits per heavy atom. The number of piperidine rings is 1. The van der Waals surface area contributed by atoms with Crippen LogP contribution in [-0.2, 0) is 6.42 Å². The molecule has 1 N–H and O–H groups in total. The van der Waals surface area contributed by atoms with Crippen molar-refractivity contribution in [1.82, 2.24) is 10.2 Å². The van der Waals surface area contributed by atoms with Crippen molar-refractivity contribution in [3.8, 4) is 0 Å². The van der Waals surface area contributed by atoms with Crippen LogP contribution in [0.15, 0.2) is 24.3 Å². The van der Waals surface area contributed by atoms with Crippen molar-refractivity contribution in [2.24, 2.45) is 0 Å². The molecule has 0 spiro atoms. The van der Waals surface area contributed by atoms with Gasteiger partial charge < -0.3 is 10.2 Å². The molecule has 1 aliphatic heterocycles. The molecular weight excluding hydrogens is 220 g/mol. The van der Waals surface area contributed by atoms with Crippen molar-refractivity contribution in [3.63, 3.8) is 0 Å². The van der Waals surface area contributed by atoms with Gasteiger partial charge in [-0.1, -0.05) is 24.3 Å². The second kappa shape index (κ2) is 6.35. The van der Waals surface area contributed by atoms with Gasteiger partial charge in [0, 0.05) is 12.1 Å². The van der Waals surface area contributed by atoms with E-state index in [4.69, 9.17) is 0 Å². The van der Waals surface area contributed by atoms with E-state index in [0.717, 1.165) is 6.42 Å². The van der Waals surface area contributed by atoms with E-state index in [9.17, 15) is 0 Å². The zero-order chi connectivity index (χ0) is 13.0. The molecule has 1 unspecified atom stereocenters. The lowest BCUT2D eigenvalue weighted by Gasteiger charge is -2.31. The quantitative estimate of drug-likeness (QED) is 0.878. The molecule has 1 atom stereocenters. The van der Waals surface area contributed by atoms with Gasteiger partial charge in [0.15, 0.2) is 0 Å². The highest BCUT2D eigenvalue weighted by Crippen LogP contribution is 2.13. The highest BCUT2D eigenvalue weighted by molar-refractivity contribution is 5.26. The fraction of sp³-hybridized carbons (Fsp3) is 0.625. The molecule has 1 aromatic carbocycles. The number of rotatable bonds is 4. The summed E-state index contributed by atoms with van der Waals surface area (Å²) in [5.41, 5.74) is 2.89. The molecule has 1 aromatic rings. The zero-order valence-electron chi connectivity index (χ0n) is 11.9. The van der Waals surface area contributed by atoms with Gasteiger partial charge in [-0.3, -0.25) is 0 Å². The topological polar surface area (TPSA) is 15.3 Å². The van der Waals surface area contributed by atoms with Crippen LogP contribution < -0.4 is 5.32 Å². The van der Waals surface area contributed by atoms with Crippen LogP contribution in [0.2, 0.25) is 0 Å². The van der Waals surface area contributed by atoms with Crippen LogP contribution in [0.25, 0.3) is 0 Å². The molecule has 100 valence electrons. The van der Waals surface area contributed by atoms with Gasteiger partial charge in [0.25, 0.3) is 0 Å². The first kappa shape index (κ1) is 13.6. The van der Waals surface area contributed by atoms with Gasteiger partial charge in [-0.15, -0.1) is 0 Å². The number of hydrogen-bond donors (Lipinski definition) is 1. The third-order valence-electron chi connectivity index (χ3n) is 4.03. The molecular formula is C16H26N2. The number of aryl methyl sites for hydroxylation is 1. The maximum absolute atomic E-state index is 3.79. The SMILES string of the molecule is Cc1ccccc1CC(C)NC1CCN(C)CC1. The summed E-state index contributed by atoms with van der Waals surface area (Å²) >= 11 is 0. The summed E-state index contributed by atoms with van der Waals surface area (Å²) in [7, 11) is 2.22. The zero-order valence-corrected chi connectivity index (χ0v) is 11.9.